The summed E-state index contributed by atoms with van der Waals surface area (Å²) in [4.78, 5) is 16.3. The maximum atomic E-state index is 12.3. The molecule has 22 heavy (non-hydrogen) atoms. The van der Waals surface area contributed by atoms with Gasteiger partial charge in [0.15, 0.2) is 0 Å². The minimum Gasteiger partial charge on any atom is -0.324 e. The van der Waals surface area contributed by atoms with E-state index >= 15 is 0 Å². The predicted octanol–water partition coefficient (Wildman–Crippen LogP) is 3.51. The zero-order chi connectivity index (χ0) is 14.5. The molecular weight excluding hydrogens is 321 g/mol. The normalized spacial score (nSPS) is 12.3. The zero-order valence-electron chi connectivity index (χ0n) is 12.5. The highest BCUT2D eigenvalue weighted by Gasteiger charge is 2.22. The van der Waals surface area contributed by atoms with Crippen molar-refractivity contribution in [3.63, 3.8) is 0 Å². The van der Waals surface area contributed by atoms with Gasteiger partial charge in [0, 0.05) is 12.2 Å². The summed E-state index contributed by atoms with van der Waals surface area (Å²) in [5, 5.41) is 2.88. The van der Waals surface area contributed by atoms with Gasteiger partial charge in [0.05, 0.1) is 17.8 Å². The van der Waals surface area contributed by atoms with Gasteiger partial charge >= 0.3 is 0 Å². The first kappa shape index (κ1) is 20.4. The van der Waals surface area contributed by atoms with E-state index in [9.17, 15) is 4.79 Å². The molecule has 1 amide bonds. The molecule has 6 heteroatoms. The molecule has 0 aliphatic rings. The van der Waals surface area contributed by atoms with Gasteiger partial charge in [-0.2, -0.15) is 0 Å². The molecule has 0 spiro atoms. The van der Waals surface area contributed by atoms with Crippen LogP contribution in [0.1, 0.15) is 24.1 Å². The molecule has 0 radical (unpaired) electrons. The Morgan fingerprint density at radius 3 is 2.41 bits per heavy atom. The Bertz CT molecular complexity index is 593. The van der Waals surface area contributed by atoms with E-state index in [2.05, 4.69) is 10.3 Å². The summed E-state index contributed by atoms with van der Waals surface area (Å²) in [6.07, 6.45) is 3.35. The van der Waals surface area contributed by atoms with Crippen LogP contribution < -0.4 is 11.1 Å². The van der Waals surface area contributed by atoms with Gasteiger partial charge < -0.3 is 11.1 Å². The summed E-state index contributed by atoms with van der Waals surface area (Å²) < 4.78 is 0. The van der Waals surface area contributed by atoms with Gasteiger partial charge in [-0.25, -0.2) is 0 Å². The lowest BCUT2D eigenvalue weighted by molar-refractivity contribution is -0.120. The number of carbonyl (C=O) groups is 1. The number of amides is 1. The standard InChI is InChI=1S/C16H19N3O.2ClH/c1-11-8-9-18-10-14(11)19-16(20)12(2)15(17)13-6-4-3-5-7-13;;/h3-10,12,15H,17H2,1-2H3,(H,19,20);2*1H. The van der Waals surface area contributed by atoms with Crippen LogP contribution in [-0.4, -0.2) is 10.9 Å². The lowest BCUT2D eigenvalue weighted by Crippen LogP contribution is -2.30. The highest BCUT2D eigenvalue weighted by atomic mass is 35.5. The minimum absolute atomic E-state index is 0. The number of hydrogen-bond acceptors (Lipinski definition) is 3. The number of aryl methyl sites for hydroxylation is 1. The molecule has 0 saturated heterocycles. The quantitative estimate of drug-likeness (QED) is 0.893. The second-order valence-corrected chi connectivity index (χ2v) is 4.90. The Hall–Kier alpha value is -1.62. The summed E-state index contributed by atoms with van der Waals surface area (Å²) >= 11 is 0. The van der Waals surface area contributed by atoms with Crippen molar-refractivity contribution in [3.8, 4) is 0 Å². The number of carbonyl (C=O) groups excluding carboxylic acids is 1. The van der Waals surface area contributed by atoms with E-state index < -0.39 is 0 Å². The van der Waals surface area contributed by atoms with Crippen LogP contribution in [-0.2, 0) is 4.79 Å². The number of halogens is 2. The van der Waals surface area contributed by atoms with Crippen molar-refractivity contribution in [3.05, 3.63) is 59.9 Å². The number of nitrogens with one attached hydrogen (secondary N) is 1. The number of rotatable bonds is 4. The summed E-state index contributed by atoms with van der Waals surface area (Å²) in [7, 11) is 0. The van der Waals surface area contributed by atoms with Crippen molar-refractivity contribution >= 4 is 36.4 Å². The molecule has 0 aliphatic heterocycles. The SMILES string of the molecule is Cc1ccncc1NC(=O)C(C)C(N)c1ccccc1.Cl.Cl. The van der Waals surface area contributed by atoms with E-state index in [0.29, 0.717) is 0 Å². The highest BCUT2D eigenvalue weighted by Crippen LogP contribution is 2.21. The highest BCUT2D eigenvalue weighted by molar-refractivity contribution is 5.93. The van der Waals surface area contributed by atoms with Gasteiger partial charge in [0.1, 0.15) is 0 Å². The van der Waals surface area contributed by atoms with Crippen molar-refractivity contribution in [2.24, 2.45) is 11.7 Å². The number of aromatic nitrogens is 1. The zero-order valence-corrected chi connectivity index (χ0v) is 14.2. The monoisotopic (exact) mass is 341 g/mol. The van der Waals surface area contributed by atoms with E-state index in [0.717, 1.165) is 16.8 Å². The summed E-state index contributed by atoms with van der Waals surface area (Å²) in [5.74, 6) is -0.422. The van der Waals surface area contributed by atoms with E-state index in [-0.39, 0.29) is 42.7 Å². The molecule has 4 nitrogen and oxygen atoms in total. The minimum atomic E-state index is -0.326. The van der Waals surface area contributed by atoms with Crippen molar-refractivity contribution in [2.75, 3.05) is 5.32 Å². The molecule has 1 heterocycles. The second-order valence-electron chi connectivity index (χ2n) is 4.90. The molecular formula is C16H21Cl2N3O. The third-order valence-electron chi connectivity index (χ3n) is 3.43. The van der Waals surface area contributed by atoms with Gasteiger partial charge in [-0.15, -0.1) is 24.8 Å². The Kier molecular flexibility index (Phi) is 8.72. The van der Waals surface area contributed by atoms with Crippen LogP contribution in [0.2, 0.25) is 0 Å². The fraction of sp³-hybridized carbons (Fsp3) is 0.250. The van der Waals surface area contributed by atoms with Gasteiger partial charge in [-0.1, -0.05) is 37.3 Å². The number of pyridine rings is 1. The van der Waals surface area contributed by atoms with Crippen LogP contribution in [0.3, 0.4) is 0 Å². The maximum absolute atomic E-state index is 12.3. The fourth-order valence-corrected chi connectivity index (χ4v) is 1.97. The molecule has 3 N–H and O–H groups in total. The number of anilines is 1. The van der Waals surface area contributed by atoms with Crippen LogP contribution in [0.25, 0.3) is 0 Å². The molecule has 2 rings (SSSR count). The van der Waals surface area contributed by atoms with Crippen molar-refractivity contribution in [2.45, 2.75) is 19.9 Å². The van der Waals surface area contributed by atoms with Crippen LogP contribution in [0.4, 0.5) is 5.69 Å². The van der Waals surface area contributed by atoms with Crippen LogP contribution in [0.5, 0.6) is 0 Å². The largest absolute Gasteiger partial charge is 0.324 e. The first-order valence-electron chi connectivity index (χ1n) is 6.61. The van der Waals surface area contributed by atoms with Crippen LogP contribution in [0.15, 0.2) is 48.8 Å². The lowest BCUT2D eigenvalue weighted by Gasteiger charge is -2.20. The summed E-state index contributed by atoms with van der Waals surface area (Å²) in [6.45, 7) is 3.76. The van der Waals surface area contributed by atoms with Crippen molar-refractivity contribution < 1.29 is 4.79 Å². The predicted molar refractivity (Wildman–Crippen MR) is 94.6 cm³/mol. The first-order chi connectivity index (χ1) is 9.59. The Morgan fingerprint density at radius 1 is 1.18 bits per heavy atom. The molecule has 120 valence electrons. The molecule has 2 unspecified atom stereocenters. The fourth-order valence-electron chi connectivity index (χ4n) is 1.97. The molecule has 0 aliphatic carbocycles. The molecule has 1 aromatic heterocycles. The van der Waals surface area contributed by atoms with E-state index in [4.69, 9.17) is 5.73 Å². The maximum Gasteiger partial charge on any atom is 0.229 e. The summed E-state index contributed by atoms with van der Waals surface area (Å²) in [6, 6.07) is 11.2. The van der Waals surface area contributed by atoms with E-state index in [1.165, 1.54) is 0 Å². The van der Waals surface area contributed by atoms with Crippen molar-refractivity contribution in [1.82, 2.24) is 4.98 Å². The van der Waals surface area contributed by atoms with Gasteiger partial charge in [0.2, 0.25) is 5.91 Å². The Balaban J connectivity index is 0.00000220. The third-order valence-corrected chi connectivity index (χ3v) is 3.43. The number of benzene rings is 1. The van der Waals surface area contributed by atoms with Crippen LogP contribution in [0, 0.1) is 12.8 Å². The molecule has 0 fully saturated rings. The Morgan fingerprint density at radius 2 is 1.82 bits per heavy atom. The van der Waals surface area contributed by atoms with E-state index in [1.54, 1.807) is 12.4 Å². The average Bonchev–Trinajstić information content (AvgIpc) is 2.49. The second kappa shape index (κ2) is 9.41. The average molecular weight is 342 g/mol. The molecule has 2 aromatic rings. The number of nitrogens with two attached hydrogens (primary N) is 1. The lowest BCUT2D eigenvalue weighted by atomic mass is 9.94. The van der Waals surface area contributed by atoms with Gasteiger partial charge in [-0.3, -0.25) is 9.78 Å². The summed E-state index contributed by atoms with van der Waals surface area (Å²) in [5.41, 5.74) is 8.82. The Labute approximate surface area is 143 Å². The molecule has 0 saturated carbocycles. The molecule has 0 bridgehead atoms. The third kappa shape index (κ3) is 4.98. The number of hydrogen-bond donors (Lipinski definition) is 2. The molecule has 2 atom stereocenters. The van der Waals surface area contributed by atoms with Gasteiger partial charge in [-0.05, 0) is 24.1 Å². The number of nitrogens with zero attached hydrogens (tertiary/aromatic N) is 1. The van der Waals surface area contributed by atoms with Crippen molar-refractivity contribution in [1.29, 1.82) is 0 Å². The van der Waals surface area contributed by atoms with E-state index in [1.807, 2.05) is 50.2 Å². The van der Waals surface area contributed by atoms with Gasteiger partial charge in [0.25, 0.3) is 0 Å². The molecule has 1 aromatic carbocycles. The topological polar surface area (TPSA) is 68.0 Å². The van der Waals surface area contributed by atoms with Crippen LogP contribution >= 0.6 is 24.8 Å². The first-order valence-corrected chi connectivity index (χ1v) is 6.61. The smallest absolute Gasteiger partial charge is 0.229 e.